The van der Waals surface area contributed by atoms with Gasteiger partial charge in [0.1, 0.15) is 0 Å². The molecule has 0 saturated heterocycles. The van der Waals surface area contributed by atoms with E-state index in [9.17, 15) is 0 Å². The zero-order chi connectivity index (χ0) is 12.2. The first-order valence-corrected chi connectivity index (χ1v) is 5.56. The highest BCUT2D eigenvalue weighted by molar-refractivity contribution is 4.68. The van der Waals surface area contributed by atoms with E-state index in [1.54, 1.807) is 0 Å². The van der Waals surface area contributed by atoms with Crippen LogP contribution in [0.1, 0.15) is 62.8 Å². The van der Waals surface area contributed by atoms with Crippen LogP contribution in [0.4, 0.5) is 0 Å². The summed E-state index contributed by atoms with van der Waals surface area (Å²) in [6.45, 7) is 17.8. The first-order valence-electron chi connectivity index (χ1n) is 5.56. The van der Waals surface area contributed by atoms with Crippen molar-refractivity contribution in [2.45, 2.75) is 68.4 Å². The van der Waals surface area contributed by atoms with Gasteiger partial charge in [-0.3, -0.25) is 0 Å². The van der Waals surface area contributed by atoms with Gasteiger partial charge < -0.3 is 4.90 Å². The van der Waals surface area contributed by atoms with Crippen molar-refractivity contribution in [3.05, 3.63) is 0 Å². The summed E-state index contributed by atoms with van der Waals surface area (Å²) in [5, 5.41) is 0. The number of nitrogens with zero attached hydrogens (tertiary/aromatic N) is 1. The van der Waals surface area contributed by atoms with Crippen LogP contribution in [-0.2, 0) is 0 Å². The van der Waals surface area contributed by atoms with Crippen LogP contribution >= 0.6 is 0 Å². The molecule has 0 aromatic carbocycles. The van der Waals surface area contributed by atoms with E-state index in [0.29, 0.717) is 11.0 Å². The fraction of sp³-hybridized carbons (Fsp3) is 1.00. The second-order valence-corrected chi connectivity index (χ2v) is 6.59. The van der Waals surface area contributed by atoms with Crippen LogP contribution in [0.15, 0.2) is 0 Å². The third kappa shape index (κ3) is 14.0. The SMILES string of the molecule is C.CC(C)C(C)(C)C.CN(C)C(C)(C)C. The molecule has 0 aliphatic heterocycles. The van der Waals surface area contributed by atoms with E-state index in [2.05, 4.69) is 74.4 Å². The lowest BCUT2D eigenvalue weighted by atomic mass is 9.84. The van der Waals surface area contributed by atoms with Gasteiger partial charge >= 0.3 is 0 Å². The van der Waals surface area contributed by atoms with Crippen molar-refractivity contribution in [2.75, 3.05) is 14.1 Å². The highest BCUT2D eigenvalue weighted by Crippen LogP contribution is 2.23. The molecular formula is C14H35N. The fourth-order valence-electron chi connectivity index (χ4n) is 0. The molecule has 0 bridgehead atoms. The van der Waals surface area contributed by atoms with Crippen molar-refractivity contribution in [3.63, 3.8) is 0 Å². The zero-order valence-electron chi connectivity index (χ0n) is 12.0. The molecule has 0 atom stereocenters. The predicted octanol–water partition coefficient (Wildman–Crippen LogP) is 4.67. The number of hydrogen-bond acceptors (Lipinski definition) is 1. The van der Waals surface area contributed by atoms with Gasteiger partial charge in [-0.15, -0.1) is 0 Å². The van der Waals surface area contributed by atoms with Gasteiger partial charge in [0.2, 0.25) is 0 Å². The third-order valence-corrected chi connectivity index (χ3v) is 3.07. The molecule has 0 rings (SSSR count). The highest BCUT2D eigenvalue weighted by Gasteiger charge is 2.13. The van der Waals surface area contributed by atoms with E-state index in [-0.39, 0.29) is 7.43 Å². The van der Waals surface area contributed by atoms with E-state index < -0.39 is 0 Å². The van der Waals surface area contributed by atoms with Crippen LogP contribution < -0.4 is 0 Å². The first kappa shape index (κ1) is 20.4. The molecule has 0 radical (unpaired) electrons. The quantitative estimate of drug-likeness (QED) is 0.570. The second kappa shape index (κ2) is 7.27. The van der Waals surface area contributed by atoms with Gasteiger partial charge in [0, 0.05) is 5.54 Å². The molecule has 0 aliphatic rings. The minimum atomic E-state index is 0. The van der Waals surface area contributed by atoms with E-state index in [4.69, 9.17) is 0 Å². The predicted molar refractivity (Wildman–Crippen MR) is 74.5 cm³/mol. The Bertz CT molecular complexity index is 114. The van der Waals surface area contributed by atoms with Gasteiger partial charge in [0.05, 0.1) is 0 Å². The normalized spacial score (nSPS) is 12.0. The number of rotatable bonds is 0. The van der Waals surface area contributed by atoms with Crippen molar-refractivity contribution in [2.24, 2.45) is 11.3 Å². The Kier molecular flexibility index (Phi) is 9.88. The van der Waals surface area contributed by atoms with Crippen LogP contribution in [-0.4, -0.2) is 24.5 Å². The molecule has 96 valence electrons. The molecule has 0 N–H and O–H groups in total. The third-order valence-electron chi connectivity index (χ3n) is 3.07. The lowest BCUT2D eigenvalue weighted by molar-refractivity contribution is 0.219. The van der Waals surface area contributed by atoms with Gasteiger partial charge in [0.25, 0.3) is 0 Å². The van der Waals surface area contributed by atoms with Crippen molar-refractivity contribution in [3.8, 4) is 0 Å². The lowest BCUT2D eigenvalue weighted by Crippen LogP contribution is -2.34. The molecule has 0 spiro atoms. The Morgan fingerprint density at radius 3 is 0.933 bits per heavy atom. The van der Waals surface area contributed by atoms with Crippen LogP contribution in [0, 0.1) is 11.3 Å². The van der Waals surface area contributed by atoms with Gasteiger partial charge in [-0.25, -0.2) is 0 Å². The van der Waals surface area contributed by atoms with E-state index in [1.807, 2.05) is 0 Å². The fourth-order valence-corrected chi connectivity index (χ4v) is 0. The van der Waals surface area contributed by atoms with Gasteiger partial charge in [-0.1, -0.05) is 42.0 Å². The summed E-state index contributed by atoms with van der Waals surface area (Å²) < 4.78 is 0. The van der Waals surface area contributed by atoms with Crippen molar-refractivity contribution < 1.29 is 0 Å². The summed E-state index contributed by atoms with van der Waals surface area (Å²) in [5.74, 6) is 0.799. The molecular weight excluding hydrogens is 182 g/mol. The maximum absolute atomic E-state index is 2.26. The van der Waals surface area contributed by atoms with E-state index in [1.165, 1.54) is 0 Å². The average molecular weight is 217 g/mol. The summed E-state index contributed by atoms with van der Waals surface area (Å²) >= 11 is 0. The topological polar surface area (TPSA) is 3.24 Å². The molecule has 0 unspecified atom stereocenters. The van der Waals surface area contributed by atoms with E-state index in [0.717, 1.165) is 5.92 Å². The van der Waals surface area contributed by atoms with Gasteiger partial charge in [0.15, 0.2) is 0 Å². The summed E-state index contributed by atoms with van der Waals surface area (Å²) in [6, 6.07) is 0. The molecule has 0 heterocycles. The Labute approximate surface area is 99.3 Å². The minimum Gasteiger partial charge on any atom is -0.305 e. The van der Waals surface area contributed by atoms with Crippen molar-refractivity contribution in [1.29, 1.82) is 0 Å². The Balaban J connectivity index is -0.000000180. The molecule has 1 heteroatoms. The summed E-state index contributed by atoms with van der Waals surface area (Å²) in [7, 11) is 4.17. The Morgan fingerprint density at radius 1 is 0.800 bits per heavy atom. The van der Waals surface area contributed by atoms with Crippen LogP contribution in [0.2, 0.25) is 0 Å². The molecule has 15 heavy (non-hydrogen) atoms. The maximum Gasteiger partial charge on any atom is 0.0118 e. The standard InChI is InChI=1S/C7H16.C6H15N.CH4/c1-6(2)7(3,4)5;1-6(2,3)7(4)5;/h6H,1-5H3;1-5H3;1H4. The lowest BCUT2D eigenvalue weighted by Gasteiger charge is -2.27. The largest absolute Gasteiger partial charge is 0.305 e. The maximum atomic E-state index is 2.26. The molecule has 1 nitrogen and oxygen atoms in total. The first-order chi connectivity index (χ1) is 5.89. The highest BCUT2D eigenvalue weighted by atomic mass is 15.1. The van der Waals surface area contributed by atoms with Gasteiger partial charge in [-0.05, 0) is 46.2 Å². The summed E-state index contributed by atoms with van der Waals surface area (Å²) in [5.41, 5.74) is 0.833. The average Bonchev–Trinajstić information content (AvgIpc) is 1.83. The molecule has 0 saturated carbocycles. The molecule has 0 aliphatic carbocycles. The molecule has 0 fully saturated rings. The van der Waals surface area contributed by atoms with Crippen molar-refractivity contribution in [1.82, 2.24) is 4.90 Å². The second-order valence-electron chi connectivity index (χ2n) is 6.59. The van der Waals surface area contributed by atoms with Crippen LogP contribution in [0.25, 0.3) is 0 Å². The van der Waals surface area contributed by atoms with E-state index >= 15 is 0 Å². The monoisotopic (exact) mass is 217 g/mol. The molecule has 0 amide bonds. The summed E-state index contributed by atoms with van der Waals surface area (Å²) in [4.78, 5) is 2.19. The zero-order valence-corrected chi connectivity index (χ0v) is 12.0. The smallest absolute Gasteiger partial charge is 0.0118 e. The van der Waals surface area contributed by atoms with Gasteiger partial charge in [-0.2, -0.15) is 0 Å². The Morgan fingerprint density at radius 2 is 0.933 bits per heavy atom. The summed E-state index contributed by atoms with van der Waals surface area (Å²) in [6.07, 6.45) is 0. The van der Waals surface area contributed by atoms with Crippen LogP contribution in [0.5, 0.6) is 0 Å². The van der Waals surface area contributed by atoms with Crippen molar-refractivity contribution >= 4 is 0 Å². The van der Waals surface area contributed by atoms with Crippen LogP contribution in [0.3, 0.4) is 0 Å². The Hall–Kier alpha value is -0.0400. The molecule has 0 aromatic heterocycles. The minimum absolute atomic E-state index is 0. The number of hydrogen-bond donors (Lipinski definition) is 0. The molecule has 0 aromatic rings.